The summed E-state index contributed by atoms with van der Waals surface area (Å²) in [6, 6.07) is 19.6. The Kier molecular flexibility index (Phi) is 5.27. The number of hydrazone groups is 1. The molecule has 2 rings (SSSR count). The molecule has 2 aromatic carbocycles. The van der Waals surface area contributed by atoms with Gasteiger partial charge in [-0.1, -0.05) is 74.5 Å². The van der Waals surface area contributed by atoms with Crippen LogP contribution in [0.2, 0.25) is 0 Å². The van der Waals surface area contributed by atoms with Crippen molar-refractivity contribution in [2.24, 2.45) is 11.0 Å². The lowest BCUT2D eigenvalue weighted by Gasteiger charge is -2.10. The highest BCUT2D eigenvalue weighted by molar-refractivity contribution is 6.02. The number of nitrogens with zero attached hydrogens (tertiary/aromatic N) is 1. The minimum Gasteiger partial charge on any atom is -0.273 e. The fourth-order valence-corrected chi connectivity index (χ4v) is 2.08. The predicted molar refractivity (Wildman–Crippen MR) is 86.1 cm³/mol. The van der Waals surface area contributed by atoms with Crippen LogP contribution in [-0.4, -0.2) is 11.6 Å². The predicted octanol–water partition coefficient (Wildman–Crippen LogP) is 3.41. The third kappa shape index (κ3) is 4.56. The van der Waals surface area contributed by atoms with Crippen molar-refractivity contribution in [3.05, 3.63) is 71.8 Å². The lowest BCUT2D eigenvalue weighted by atomic mass is 10.0. The Morgan fingerprint density at radius 3 is 2.14 bits per heavy atom. The molecule has 0 unspecified atom stereocenters. The minimum absolute atomic E-state index is 0.102. The molecule has 0 heterocycles. The molecule has 1 amide bonds. The molecule has 108 valence electrons. The summed E-state index contributed by atoms with van der Waals surface area (Å²) >= 11 is 0. The molecular weight excluding hydrogens is 260 g/mol. The third-order valence-electron chi connectivity index (χ3n) is 3.12. The van der Waals surface area contributed by atoms with Crippen LogP contribution in [0, 0.1) is 5.92 Å². The molecule has 3 nitrogen and oxygen atoms in total. The van der Waals surface area contributed by atoms with Gasteiger partial charge in [-0.25, -0.2) is 5.43 Å². The first-order valence-electron chi connectivity index (χ1n) is 7.12. The first-order chi connectivity index (χ1) is 10.2. The van der Waals surface area contributed by atoms with Gasteiger partial charge in [-0.15, -0.1) is 0 Å². The fraction of sp³-hybridized carbons (Fsp3) is 0.222. The summed E-state index contributed by atoms with van der Waals surface area (Å²) in [5.41, 5.74) is 5.56. The van der Waals surface area contributed by atoms with E-state index in [4.69, 9.17) is 0 Å². The van der Waals surface area contributed by atoms with Crippen LogP contribution in [0.15, 0.2) is 65.8 Å². The zero-order valence-electron chi connectivity index (χ0n) is 12.4. The highest BCUT2D eigenvalue weighted by atomic mass is 16.2. The van der Waals surface area contributed by atoms with Crippen LogP contribution >= 0.6 is 0 Å². The fourth-order valence-electron chi connectivity index (χ4n) is 2.08. The highest BCUT2D eigenvalue weighted by Crippen LogP contribution is 2.09. The second-order valence-electron chi connectivity index (χ2n) is 5.22. The summed E-state index contributed by atoms with van der Waals surface area (Å²) in [4.78, 5) is 12.0. The van der Waals surface area contributed by atoms with E-state index in [0.29, 0.717) is 6.42 Å². The van der Waals surface area contributed by atoms with Crippen LogP contribution in [0.1, 0.15) is 25.0 Å². The normalized spacial score (nSPS) is 11.5. The summed E-state index contributed by atoms with van der Waals surface area (Å²) in [7, 11) is 0. The van der Waals surface area contributed by atoms with Crippen molar-refractivity contribution in [2.45, 2.75) is 20.3 Å². The number of amides is 1. The zero-order chi connectivity index (χ0) is 15.1. The van der Waals surface area contributed by atoms with E-state index in [0.717, 1.165) is 16.8 Å². The Morgan fingerprint density at radius 2 is 1.57 bits per heavy atom. The van der Waals surface area contributed by atoms with Gasteiger partial charge in [0.1, 0.15) is 0 Å². The average Bonchev–Trinajstić information content (AvgIpc) is 2.49. The topological polar surface area (TPSA) is 41.5 Å². The monoisotopic (exact) mass is 280 g/mol. The number of nitrogens with one attached hydrogen (secondary N) is 1. The highest BCUT2D eigenvalue weighted by Gasteiger charge is 2.09. The van der Waals surface area contributed by atoms with Crippen molar-refractivity contribution in [3.63, 3.8) is 0 Å². The second kappa shape index (κ2) is 7.39. The maximum absolute atomic E-state index is 12.0. The van der Waals surface area contributed by atoms with E-state index in [-0.39, 0.29) is 11.8 Å². The van der Waals surface area contributed by atoms with E-state index in [9.17, 15) is 4.79 Å². The first kappa shape index (κ1) is 15.0. The molecule has 0 atom stereocenters. The van der Waals surface area contributed by atoms with Crippen molar-refractivity contribution >= 4 is 11.6 Å². The molecule has 0 saturated heterocycles. The van der Waals surface area contributed by atoms with E-state index in [1.165, 1.54) is 0 Å². The Bertz CT molecular complexity index is 604. The van der Waals surface area contributed by atoms with Gasteiger partial charge in [0.25, 0.3) is 0 Å². The van der Waals surface area contributed by atoms with Crippen molar-refractivity contribution in [3.8, 4) is 0 Å². The van der Waals surface area contributed by atoms with Gasteiger partial charge < -0.3 is 0 Å². The van der Waals surface area contributed by atoms with Crippen LogP contribution in [0.4, 0.5) is 0 Å². The third-order valence-corrected chi connectivity index (χ3v) is 3.12. The molecule has 21 heavy (non-hydrogen) atoms. The number of hydrogen-bond acceptors (Lipinski definition) is 2. The SMILES string of the molecule is CC(C)/C(=N\NC(=O)Cc1ccccc1)c1ccccc1. The second-order valence-corrected chi connectivity index (χ2v) is 5.22. The van der Waals surface area contributed by atoms with Gasteiger partial charge in [0.05, 0.1) is 12.1 Å². The number of hydrogen-bond donors (Lipinski definition) is 1. The summed E-state index contributed by atoms with van der Waals surface area (Å²) in [5.74, 6) is 0.139. The van der Waals surface area contributed by atoms with Gasteiger partial charge in [-0.3, -0.25) is 4.79 Å². The molecule has 2 aromatic rings. The Hall–Kier alpha value is -2.42. The van der Waals surface area contributed by atoms with Gasteiger partial charge in [-0.2, -0.15) is 5.10 Å². The molecule has 0 radical (unpaired) electrons. The summed E-state index contributed by atoms with van der Waals surface area (Å²) in [5, 5.41) is 4.31. The van der Waals surface area contributed by atoms with Gasteiger partial charge in [0.15, 0.2) is 0 Å². The molecular formula is C18H20N2O. The molecule has 1 N–H and O–H groups in total. The maximum Gasteiger partial charge on any atom is 0.244 e. The molecule has 0 aliphatic rings. The van der Waals surface area contributed by atoms with Gasteiger partial charge in [0, 0.05) is 0 Å². The van der Waals surface area contributed by atoms with Crippen molar-refractivity contribution in [1.82, 2.24) is 5.43 Å². The number of carbonyl (C=O) groups is 1. The molecule has 3 heteroatoms. The first-order valence-corrected chi connectivity index (χ1v) is 7.12. The smallest absolute Gasteiger partial charge is 0.244 e. The van der Waals surface area contributed by atoms with Crippen LogP contribution in [0.3, 0.4) is 0 Å². The minimum atomic E-state index is -0.102. The molecule has 0 aliphatic heterocycles. The summed E-state index contributed by atoms with van der Waals surface area (Å²) < 4.78 is 0. The number of rotatable bonds is 5. The summed E-state index contributed by atoms with van der Waals surface area (Å²) in [6.45, 7) is 4.13. The number of carbonyl (C=O) groups excluding carboxylic acids is 1. The molecule has 0 bridgehead atoms. The maximum atomic E-state index is 12.0. The van der Waals surface area contributed by atoms with Crippen LogP contribution in [-0.2, 0) is 11.2 Å². The van der Waals surface area contributed by atoms with Gasteiger partial charge in [0.2, 0.25) is 5.91 Å². The van der Waals surface area contributed by atoms with Crippen molar-refractivity contribution in [2.75, 3.05) is 0 Å². The number of benzene rings is 2. The van der Waals surface area contributed by atoms with E-state index < -0.39 is 0 Å². The van der Waals surface area contributed by atoms with Crippen LogP contribution in [0.25, 0.3) is 0 Å². The van der Waals surface area contributed by atoms with Crippen molar-refractivity contribution in [1.29, 1.82) is 0 Å². The molecule has 0 aliphatic carbocycles. The largest absolute Gasteiger partial charge is 0.273 e. The standard InChI is InChI=1S/C18H20N2O/c1-14(2)18(16-11-7-4-8-12-16)20-19-17(21)13-15-9-5-3-6-10-15/h3-12,14H,13H2,1-2H3,(H,19,21)/b20-18+. The average molecular weight is 280 g/mol. The Balaban J connectivity index is 2.05. The summed E-state index contributed by atoms with van der Waals surface area (Å²) in [6.07, 6.45) is 0.338. The van der Waals surface area contributed by atoms with E-state index in [1.807, 2.05) is 60.7 Å². The lowest BCUT2D eigenvalue weighted by molar-refractivity contribution is -0.120. The van der Waals surface area contributed by atoms with Crippen LogP contribution < -0.4 is 5.43 Å². The van der Waals surface area contributed by atoms with Crippen molar-refractivity contribution < 1.29 is 4.79 Å². The van der Waals surface area contributed by atoms with Crippen LogP contribution in [0.5, 0.6) is 0 Å². The van der Waals surface area contributed by atoms with E-state index in [1.54, 1.807) is 0 Å². The van der Waals surface area contributed by atoms with Gasteiger partial charge >= 0.3 is 0 Å². The molecule has 0 fully saturated rings. The quantitative estimate of drug-likeness (QED) is 0.662. The molecule has 0 saturated carbocycles. The Labute approximate surface area is 125 Å². The van der Waals surface area contributed by atoms with E-state index >= 15 is 0 Å². The lowest BCUT2D eigenvalue weighted by Crippen LogP contribution is -2.23. The molecule has 0 aromatic heterocycles. The Morgan fingerprint density at radius 1 is 1.00 bits per heavy atom. The zero-order valence-corrected chi connectivity index (χ0v) is 12.4. The molecule has 0 spiro atoms. The van der Waals surface area contributed by atoms with E-state index in [2.05, 4.69) is 24.4 Å². The van der Waals surface area contributed by atoms with Gasteiger partial charge in [-0.05, 0) is 17.0 Å².